The number of phosphoric ester groups is 1. The summed E-state index contributed by atoms with van der Waals surface area (Å²) < 4.78 is 15.8. The normalized spacial score (nSPS) is 15.8. The number of carboxylic acids is 3. The van der Waals surface area contributed by atoms with E-state index in [4.69, 9.17) is 17.2 Å². The van der Waals surface area contributed by atoms with Crippen LogP contribution >= 0.6 is 7.82 Å². The number of likely N-dealkylation sites (tertiary alicyclic amines) is 2. The number of rotatable bonds is 58. The molecule has 7 rings (SSSR count). The second kappa shape index (κ2) is 61.9. The number of nitrogens with zero attached hydrogens (tertiary/aromatic N) is 8. The molecule has 15 amide bonds. The zero-order valence-corrected chi connectivity index (χ0v) is 86.1. The Kier molecular flexibility index (Phi) is 53.0. The minimum atomic E-state index is -5.63. The summed E-state index contributed by atoms with van der Waals surface area (Å²) in [5, 5.41) is 101. The number of primary amides is 3. The topological polar surface area (TPSA) is 823 Å². The largest absolute Gasteiger partial charge is 2.00 e. The van der Waals surface area contributed by atoms with Crippen LogP contribution in [0.25, 0.3) is 0 Å². The fraction of sp³-hybridized carbons (Fsp3) is 0.506. The van der Waals surface area contributed by atoms with Gasteiger partial charge in [0.15, 0.2) is 6.04 Å². The molecule has 0 bridgehead atoms. The summed E-state index contributed by atoms with van der Waals surface area (Å²) in [4.78, 5) is 285. The van der Waals surface area contributed by atoms with E-state index in [-0.39, 0.29) is 95.6 Å². The minimum Gasteiger partial charge on any atom is -0.850 e. The first-order valence-corrected chi connectivity index (χ1v) is 46.5. The van der Waals surface area contributed by atoms with Gasteiger partial charge in [0.25, 0.3) is 5.91 Å². The van der Waals surface area contributed by atoms with Crippen LogP contribution in [0.1, 0.15) is 146 Å². The molecule has 2 aliphatic heterocycles. The van der Waals surface area contributed by atoms with Crippen molar-refractivity contribution in [3.63, 3.8) is 0 Å². The van der Waals surface area contributed by atoms with E-state index in [1.54, 1.807) is 38.6 Å². The number of hydrogen-bond donors (Lipinski definition) is 17. The molecule has 54 heteroatoms. The molecule has 14 unspecified atom stereocenters. The number of amides is 15. The van der Waals surface area contributed by atoms with Crippen LogP contribution in [0.5, 0.6) is 5.75 Å². The number of carboxylic acid groups (broad SMARTS) is 3. The van der Waals surface area contributed by atoms with Gasteiger partial charge >= 0.3 is 39.0 Å². The third-order valence-electron chi connectivity index (χ3n) is 22.0. The predicted molar refractivity (Wildman–Crippen MR) is 478 cm³/mol. The molecule has 2 saturated heterocycles. The van der Waals surface area contributed by atoms with E-state index in [2.05, 4.69) is 93.2 Å². The van der Waals surface area contributed by atoms with Gasteiger partial charge in [0, 0.05) is 95.3 Å². The minimum absolute atomic E-state index is 0. The van der Waals surface area contributed by atoms with E-state index in [0.29, 0.717) is 39.3 Å². The Balaban J connectivity index is 0.000000983. The van der Waals surface area contributed by atoms with Gasteiger partial charge < -0.3 is 155 Å². The number of hydrogen-bond acceptors (Lipinski definition) is 35. The van der Waals surface area contributed by atoms with Gasteiger partial charge in [-0.1, -0.05) is 50.2 Å². The second-order valence-electron chi connectivity index (χ2n) is 34.0. The quantitative estimate of drug-likeness (QED) is 0.0127. The van der Waals surface area contributed by atoms with E-state index < -0.39 is 288 Å². The molecule has 22 N–H and O–H groups in total. The zero-order chi connectivity index (χ0) is 104. The van der Waals surface area contributed by atoms with E-state index >= 15 is 0 Å². The van der Waals surface area contributed by atoms with Crippen molar-refractivity contribution < 1.29 is 186 Å². The number of aromatic nitrogens is 4. The first-order chi connectivity index (χ1) is 66.7. The number of aliphatic carboxylic acids is 3. The molecule has 51 nitrogen and oxygen atoms in total. The molecule has 0 spiro atoms. The van der Waals surface area contributed by atoms with Gasteiger partial charge in [0.1, 0.15) is 80.1 Å². The van der Waals surface area contributed by atoms with Crippen molar-refractivity contribution in [1.82, 2.24) is 92.7 Å². The monoisotopic (exact) mass is 2120 g/mol. The van der Waals surface area contributed by atoms with Crippen LogP contribution in [0.3, 0.4) is 0 Å². The van der Waals surface area contributed by atoms with Crippen LogP contribution in [-0.4, -0.2) is 292 Å². The summed E-state index contributed by atoms with van der Waals surface area (Å²) in [6.07, 6.45) is -4.42. The van der Waals surface area contributed by atoms with Gasteiger partial charge in [0.2, 0.25) is 82.7 Å². The maximum Gasteiger partial charge on any atom is 2.00 e. The van der Waals surface area contributed by atoms with E-state index in [0.717, 1.165) is 63.8 Å². The summed E-state index contributed by atoms with van der Waals surface area (Å²) in [7, 11) is -5.63. The SMILES string of the molecule is CC(C)CC(NC(=O)C(CC(N)=O)NC(=O)C(CCC(=O)[O-])NC(=O)CNC(=O)C1CCCN1C(=O)C(CCC(N)=O)NC(=O)C(Cc1ccc(OP(=O)([O-])[O-])cc1)NC(=O)C(CCC(N)=O)NC(=O)C1CCCN1C(=O)C(CCC(=O)[O-])NC(=O)C(NC(=O)C(CO)NC(=O)C([NH3+])C(C)O)C(C)O)C(=O)[O-].[O-]C(CN(Cc1ccccn1)Cc1ccccn1)CN(Cc1ccccn1)Cc1ccccn1.[Zn+2].[Zn+2]. The molecule has 5 aromatic rings. The van der Waals surface area contributed by atoms with Crippen molar-refractivity contribution in [2.75, 3.05) is 39.3 Å². The van der Waals surface area contributed by atoms with Gasteiger partial charge in [-0.05, 0) is 170 Å². The first kappa shape index (κ1) is 122. The summed E-state index contributed by atoms with van der Waals surface area (Å²) in [5.74, 6) is -23.3. The summed E-state index contributed by atoms with van der Waals surface area (Å²) in [6.45, 7) is 6.06. The molecule has 0 radical (unpaired) electrons. The van der Waals surface area contributed by atoms with Gasteiger partial charge in [-0.15, -0.1) is 6.10 Å². The standard InChI is InChI=1S/C62H95N16O28P.C27H29N6O.2Zn/c1-28(2)23-39(62(101)102)74-54(93)38(25-45(65)84)73-51(90)33(15-19-47(86)87)68-46(85)26-67-56(95)41-7-5-21-77(41)60(99)35(14-18-44(64)83)70-53(92)37(24-31-9-11-32(12-10-31)106-107(103,104)105)72-52(91)34(13-17-43(63)82)69-57(96)42-8-6-22-78(42)61(100)36(16-20-48(88)89)71-59(98)50(30(4)81)76-55(94)40(27-79)75-58(97)49(66)29(3)80;34-27(21-32(17-23-9-1-5-13-28-23)18-24-10-2-6-14-29-24)22-33(19-25-11-3-7-15-30-25)20-26-12-4-8-16-31-26;;/h9-12,28-30,33-42,49-50,79-81H,5-8,13-27,66H2,1-4H3,(H2,63,82)(H2,64,83)(H2,65,84)(H,67,95)(H,68,85)(H,69,96)(H,70,92)(H,71,98)(H,72,91)(H,73,90)(H,74,93)(H,75,97)(H,76,94)(H,86,87)(H,88,89)(H,101,102)(H2,103,104,105);1-16,27H,17-22H2;;/q;-1;2*+2/p-4. The number of carbonyl (C=O) groups excluding carboxylic acids is 18. The van der Waals surface area contributed by atoms with Crippen LogP contribution in [-0.2, 0) is 162 Å². The van der Waals surface area contributed by atoms with Crippen LogP contribution in [0.2, 0.25) is 0 Å². The van der Waals surface area contributed by atoms with Crippen LogP contribution in [0, 0.1) is 5.92 Å². The molecule has 2 fully saturated rings. The fourth-order valence-electron chi connectivity index (χ4n) is 14.9. The molecule has 0 aliphatic carbocycles. The maximum atomic E-state index is 14.7. The molecule has 143 heavy (non-hydrogen) atoms. The summed E-state index contributed by atoms with van der Waals surface area (Å²) in [5.41, 5.74) is 23.4. The molecule has 2 aliphatic rings. The first-order valence-electron chi connectivity index (χ1n) is 45.0. The third-order valence-corrected chi connectivity index (χ3v) is 22.4. The smallest absolute Gasteiger partial charge is 0.850 e. The molecule has 0 saturated carbocycles. The molecular weight excluding hydrogens is 2000 g/mol. The second-order valence-corrected chi connectivity index (χ2v) is 35.1. The number of quaternary nitrogens is 1. The molecule has 6 heterocycles. The van der Waals surface area contributed by atoms with Gasteiger partial charge in [-0.2, -0.15) is 0 Å². The Morgan fingerprint density at radius 1 is 0.483 bits per heavy atom. The Hall–Kier alpha value is -12.8. The van der Waals surface area contributed by atoms with Gasteiger partial charge in [-0.25, -0.2) is 0 Å². The average Bonchev–Trinajstić information content (AvgIpc) is 1.66. The number of carbonyl (C=O) groups is 18. The van der Waals surface area contributed by atoms with Gasteiger partial charge in [0.05, 0.1) is 60.5 Å². The van der Waals surface area contributed by atoms with Crippen LogP contribution in [0.15, 0.2) is 122 Å². The third kappa shape index (κ3) is 44.3. The molecule has 1 aromatic carbocycles. The number of aliphatic hydroxyl groups excluding tert-OH is 3. The van der Waals surface area contributed by atoms with Crippen molar-refractivity contribution in [2.45, 2.75) is 241 Å². The van der Waals surface area contributed by atoms with Crippen molar-refractivity contribution in [1.29, 1.82) is 0 Å². The number of nitrogens with one attached hydrogen (secondary N) is 10. The van der Waals surface area contributed by atoms with Crippen molar-refractivity contribution in [2.24, 2.45) is 23.1 Å². The Bertz CT molecular complexity index is 4940. The molecule has 14 atom stereocenters. The summed E-state index contributed by atoms with van der Waals surface area (Å²) >= 11 is 0. The number of aliphatic hydroxyl groups is 3. The molecular formula is C89H120N22O29PZn2-. The summed E-state index contributed by atoms with van der Waals surface area (Å²) in [6, 6.07) is 6.72. The van der Waals surface area contributed by atoms with Gasteiger partial charge in [-0.3, -0.25) is 102 Å². The number of pyridine rings is 4. The molecule has 770 valence electrons. The average molecular weight is 2120 g/mol. The van der Waals surface area contributed by atoms with Crippen molar-refractivity contribution in [3.05, 3.63) is 150 Å². The number of benzene rings is 1. The van der Waals surface area contributed by atoms with E-state index in [1.807, 2.05) is 72.8 Å². The van der Waals surface area contributed by atoms with Crippen LogP contribution < -0.4 is 111 Å². The maximum absolute atomic E-state index is 14.7. The fourth-order valence-corrected chi connectivity index (χ4v) is 15.3. The van der Waals surface area contributed by atoms with E-state index in [1.165, 1.54) is 6.92 Å². The van der Waals surface area contributed by atoms with Crippen LogP contribution in [0.4, 0.5) is 0 Å². The number of phosphoric acid groups is 1. The Morgan fingerprint density at radius 2 is 0.874 bits per heavy atom. The Labute approximate surface area is 847 Å². The van der Waals surface area contributed by atoms with E-state index in [9.17, 15) is 136 Å². The number of nitrogens with two attached hydrogens (primary N) is 3. The molecule has 4 aromatic heterocycles. The van der Waals surface area contributed by atoms with Crippen molar-refractivity contribution >= 4 is 114 Å². The predicted octanol–water partition coefficient (Wildman–Crippen LogP) is -12.8. The van der Waals surface area contributed by atoms with Crippen molar-refractivity contribution in [3.8, 4) is 5.75 Å². The zero-order valence-electron chi connectivity index (χ0n) is 79.3. The Morgan fingerprint density at radius 3 is 1.28 bits per heavy atom.